The molecule has 1 aliphatic rings. The molecule has 1 fully saturated rings. The number of nitrogens with zero attached hydrogens (tertiary/aromatic N) is 1. The Morgan fingerprint density at radius 1 is 1.35 bits per heavy atom. The fourth-order valence-electron chi connectivity index (χ4n) is 3.45. The number of benzene rings is 1. The largest absolute Gasteiger partial charge is 0.496 e. The van der Waals surface area contributed by atoms with Crippen LogP contribution in [-0.4, -0.2) is 31.6 Å². The highest BCUT2D eigenvalue weighted by Gasteiger charge is 2.44. The van der Waals surface area contributed by atoms with Gasteiger partial charge in [-0.25, -0.2) is 4.39 Å². The van der Waals surface area contributed by atoms with Crippen molar-refractivity contribution in [2.24, 2.45) is 5.84 Å². The maximum atomic E-state index is 13.7. The molecular formula is C15H24FN3O. The first kappa shape index (κ1) is 15.2. The summed E-state index contributed by atoms with van der Waals surface area (Å²) < 4.78 is 19.0. The minimum Gasteiger partial charge on any atom is -0.496 e. The maximum Gasteiger partial charge on any atom is 0.123 e. The Bertz CT molecular complexity index is 458. The Labute approximate surface area is 120 Å². The number of ether oxygens (including phenoxy) is 1. The van der Waals surface area contributed by atoms with Gasteiger partial charge in [-0.15, -0.1) is 0 Å². The average molecular weight is 281 g/mol. The normalized spacial score (nSPS) is 19.3. The van der Waals surface area contributed by atoms with Gasteiger partial charge in [0.05, 0.1) is 13.2 Å². The molecule has 2 rings (SSSR count). The maximum absolute atomic E-state index is 13.7. The first-order valence-corrected chi connectivity index (χ1v) is 7.02. The monoisotopic (exact) mass is 281 g/mol. The van der Waals surface area contributed by atoms with Crippen molar-refractivity contribution < 1.29 is 9.13 Å². The van der Waals surface area contributed by atoms with Gasteiger partial charge in [-0.05, 0) is 45.1 Å². The summed E-state index contributed by atoms with van der Waals surface area (Å²) in [6, 6.07) is 4.43. The second-order valence-electron chi connectivity index (χ2n) is 5.69. The van der Waals surface area contributed by atoms with Crippen molar-refractivity contribution in [1.29, 1.82) is 0 Å². The second kappa shape index (κ2) is 6.08. The van der Waals surface area contributed by atoms with E-state index >= 15 is 0 Å². The molecule has 0 amide bonds. The van der Waals surface area contributed by atoms with Crippen LogP contribution in [0, 0.1) is 5.82 Å². The van der Waals surface area contributed by atoms with Crippen molar-refractivity contribution >= 4 is 0 Å². The molecule has 0 spiro atoms. The van der Waals surface area contributed by atoms with Gasteiger partial charge in [-0.3, -0.25) is 11.3 Å². The number of likely N-dealkylation sites (N-methyl/N-ethyl adjacent to an activating group) is 1. The standard InChI is InChI=1S/C15H24FN3O/c1-19(2)15(8-4-5-9-15)14(18-17)12-10-11(16)6-7-13(12)20-3/h6-7,10,14,18H,4-5,8-9,17H2,1-3H3. The van der Waals surface area contributed by atoms with Crippen LogP contribution < -0.4 is 16.0 Å². The third-order valence-electron chi connectivity index (χ3n) is 4.57. The van der Waals surface area contributed by atoms with Crippen LogP contribution in [0.1, 0.15) is 37.3 Å². The van der Waals surface area contributed by atoms with Crippen molar-refractivity contribution in [1.82, 2.24) is 10.3 Å². The molecule has 1 aromatic rings. The van der Waals surface area contributed by atoms with Gasteiger partial charge >= 0.3 is 0 Å². The number of nitrogens with two attached hydrogens (primary N) is 1. The smallest absolute Gasteiger partial charge is 0.123 e. The molecular weight excluding hydrogens is 257 g/mol. The molecule has 0 heterocycles. The molecule has 1 unspecified atom stereocenters. The SMILES string of the molecule is COc1ccc(F)cc1C(NN)C1(N(C)C)CCCC1. The summed E-state index contributed by atoms with van der Waals surface area (Å²) in [5, 5.41) is 0. The fraction of sp³-hybridized carbons (Fsp3) is 0.600. The van der Waals surface area contributed by atoms with E-state index in [1.54, 1.807) is 13.2 Å². The zero-order valence-corrected chi connectivity index (χ0v) is 12.4. The number of hydrogen-bond acceptors (Lipinski definition) is 4. The van der Waals surface area contributed by atoms with E-state index in [2.05, 4.69) is 24.4 Å². The van der Waals surface area contributed by atoms with E-state index in [1.807, 2.05) is 0 Å². The summed E-state index contributed by atoms with van der Waals surface area (Å²) in [5.41, 5.74) is 3.58. The van der Waals surface area contributed by atoms with Crippen LogP contribution in [0.2, 0.25) is 0 Å². The third kappa shape index (κ3) is 2.53. The predicted octanol–water partition coefficient (Wildman–Crippen LogP) is 2.21. The molecule has 1 saturated carbocycles. The Hall–Kier alpha value is -1.17. The van der Waals surface area contributed by atoms with Crippen molar-refractivity contribution in [3.05, 3.63) is 29.6 Å². The number of methoxy groups -OCH3 is 1. The number of halogens is 1. The molecule has 20 heavy (non-hydrogen) atoms. The molecule has 0 bridgehead atoms. The average Bonchev–Trinajstić information content (AvgIpc) is 2.91. The van der Waals surface area contributed by atoms with E-state index in [0.717, 1.165) is 31.2 Å². The van der Waals surface area contributed by atoms with E-state index in [0.29, 0.717) is 5.75 Å². The van der Waals surface area contributed by atoms with Gasteiger partial charge in [0.15, 0.2) is 0 Å². The molecule has 0 radical (unpaired) electrons. The van der Waals surface area contributed by atoms with Crippen LogP contribution in [-0.2, 0) is 0 Å². The first-order valence-electron chi connectivity index (χ1n) is 7.02. The number of nitrogens with one attached hydrogen (secondary N) is 1. The summed E-state index contributed by atoms with van der Waals surface area (Å²) in [4.78, 5) is 2.20. The molecule has 4 nitrogen and oxygen atoms in total. The van der Waals surface area contributed by atoms with E-state index < -0.39 is 0 Å². The van der Waals surface area contributed by atoms with Crippen LogP contribution in [0.15, 0.2) is 18.2 Å². The van der Waals surface area contributed by atoms with E-state index in [4.69, 9.17) is 10.6 Å². The summed E-state index contributed by atoms with van der Waals surface area (Å²) in [6.07, 6.45) is 4.39. The van der Waals surface area contributed by atoms with E-state index in [-0.39, 0.29) is 17.4 Å². The van der Waals surface area contributed by atoms with Gasteiger partial charge in [-0.1, -0.05) is 12.8 Å². The lowest BCUT2D eigenvalue weighted by Crippen LogP contribution is -2.53. The van der Waals surface area contributed by atoms with Gasteiger partial charge in [0.2, 0.25) is 0 Å². The Kier molecular flexibility index (Phi) is 4.62. The van der Waals surface area contributed by atoms with Crippen LogP contribution in [0.4, 0.5) is 4.39 Å². The topological polar surface area (TPSA) is 50.5 Å². The van der Waals surface area contributed by atoms with Gasteiger partial charge in [-0.2, -0.15) is 0 Å². The van der Waals surface area contributed by atoms with E-state index in [1.165, 1.54) is 12.1 Å². The minimum absolute atomic E-state index is 0.101. The molecule has 0 aromatic heterocycles. The highest BCUT2D eigenvalue weighted by molar-refractivity contribution is 5.38. The minimum atomic E-state index is -0.270. The number of hydrogen-bond donors (Lipinski definition) is 2. The lowest BCUT2D eigenvalue weighted by molar-refractivity contribution is 0.103. The fourth-order valence-corrected chi connectivity index (χ4v) is 3.45. The summed E-state index contributed by atoms with van der Waals surface area (Å²) in [5.74, 6) is 6.23. The van der Waals surface area contributed by atoms with Gasteiger partial charge < -0.3 is 9.64 Å². The van der Waals surface area contributed by atoms with Crippen LogP contribution in [0.25, 0.3) is 0 Å². The zero-order valence-electron chi connectivity index (χ0n) is 12.4. The Morgan fingerprint density at radius 3 is 2.50 bits per heavy atom. The van der Waals surface area contributed by atoms with Crippen LogP contribution in [0.3, 0.4) is 0 Å². The Morgan fingerprint density at radius 2 is 2.00 bits per heavy atom. The highest BCUT2D eigenvalue weighted by Crippen LogP contribution is 2.45. The van der Waals surface area contributed by atoms with Crippen molar-refractivity contribution in [2.45, 2.75) is 37.3 Å². The third-order valence-corrected chi connectivity index (χ3v) is 4.57. The zero-order chi connectivity index (χ0) is 14.8. The molecule has 1 aromatic carbocycles. The van der Waals surface area contributed by atoms with Crippen molar-refractivity contribution in [2.75, 3.05) is 21.2 Å². The lowest BCUT2D eigenvalue weighted by Gasteiger charge is -2.43. The number of rotatable bonds is 5. The molecule has 3 N–H and O–H groups in total. The second-order valence-corrected chi connectivity index (χ2v) is 5.69. The quantitative estimate of drug-likeness (QED) is 0.642. The van der Waals surface area contributed by atoms with Crippen LogP contribution >= 0.6 is 0 Å². The molecule has 1 atom stereocenters. The van der Waals surface area contributed by atoms with Gasteiger partial charge in [0, 0.05) is 11.1 Å². The van der Waals surface area contributed by atoms with Crippen molar-refractivity contribution in [3.8, 4) is 5.75 Å². The summed E-state index contributed by atoms with van der Waals surface area (Å²) in [7, 11) is 5.71. The van der Waals surface area contributed by atoms with Gasteiger partial charge in [0.1, 0.15) is 11.6 Å². The van der Waals surface area contributed by atoms with E-state index in [9.17, 15) is 4.39 Å². The lowest BCUT2D eigenvalue weighted by atomic mass is 9.82. The Balaban J connectivity index is 2.48. The van der Waals surface area contributed by atoms with Gasteiger partial charge in [0.25, 0.3) is 0 Å². The first-order chi connectivity index (χ1) is 9.55. The number of hydrazine groups is 1. The molecule has 0 saturated heterocycles. The highest BCUT2D eigenvalue weighted by atomic mass is 19.1. The molecule has 0 aliphatic heterocycles. The predicted molar refractivity (Wildman–Crippen MR) is 77.9 cm³/mol. The summed E-state index contributed by atoms with van der Waals surface area (Å²) in [6.45, 7) is 0. The molecule has 5 heteroatoms. The van der Waals surface area contributed by atoms with Crippen LogP contribution in [0.5, 0.6) is 5.75 Å². The summed E-state index contributed by atoms with van der Waals surface area (Å²) >= 11 is 0. The molecule has 1 aliphatic carbocycles. The van der Waals surface area contributed by atoms with Crippen molar-refractivity contribution in [3.63, 3.8) is 0 Å². The molecule has 112 valence electrons.